The number of hydrogen-bond donors (Lipinski definition) is 0. The summed E-state index contributed by atoms with van der Waals surface area (Å²) >= 11 is 0. The molecular weight excluding hydrogens is 137 g/mol. The Balaban J connectivity index is -0.0000000480. The van der Waals surface area contributed by atoms with Crippen molar-refractivity contribution in [2.45, 2.75) is 20.8 Å². The molecule has 0 spiro atoms. The van der Waals surface area contributed by atoms with Gasteiger partial charge in [0.05, 0.1) is 0 Å². The Morgan fingerprint density at radius 2 is 1.14 bits per heavy atom. The minimum Gasteiger partial charge on any atom is -0.346 e. The maximum absolute atomic E-state index is 3.64. The fraction of sp³-hybridized carbons (Fsp3) is 0.667. The van der Waals surface area contributed by atoms with Gasteiger partial charge in [-0.15, -0.1) is 0 Å². The largest absolute Gasteiger partial charge is 2.00 e. The first-order valence-electron chi connectivity index (χ1n) is 2.27. The van der Waals surface area contributed by atoms with Crippen molar-refractivity contribution in [3.8, 4) is 0 Å². The molecule has 0 radical (unpaired) electrons. The minimum absolute atomic E-state index is 0. The van der Waals surface area contributed by atoms with Gasteiger partial charge in [-0.05, 0) is 0 Å². The molecule has 0 saturated carbocycles. The Bertz CT molecular complexity index is 8.90. The van der Waals surface area contributed by atoms with Crippen molar-refractivity contribution in [1.82, 2.24) is 0 Å². The molecule has 0 fully saturated rings. The molecule has 0 atom stereocenters. The first-order valence-corrected chi connectivity index (χ1v) is 2.27. The Hall–Kier alpha value is 0.623. The zero-order valence-electron chi connectivity index (χ0n) is 5.70. The summed E-state index contributed by atoms with van der Waals surface area (Å²) < 4.78 is 0. The Morgan fingerprint density at radius 3 is 1.14 bits per heavy atom. The van der Waals surface area contributed by atoms with E-state index in [0.717, 1.165) is 0 Å². The van der Waals surface area contributed by atoms with Crippen LogP contribution in [-0.2, 0) is 19.5 Å². The number of hydrogen-bond acceptors (Lipinski definition) is 0. The molecule has 0 aliphatic rings. The molecule has 0 aromatic carbocycles. The summed E-state index contributed by atoms with van der Waals surface area (Å²) in [5, 5.41) is 0. The van der Waals surface area contributed by atoms with Gasteiger partial charge >= 0.3 is 19.5 Å². The molecule has 40 valence electrons. The van der Waals surface area contributed by atoms with Crippen molar-refractivity contribution in [3.05, 3.63) is 13.8 Å². The summed E-state index contributed by atoms with van der Waals surface area (Å²) in [5.74, 6) is 0.583. The molecule has 0 amide bonds. The molecule has 0 nitrogen and oxygen atoms in total. The first kappa shape index (κ1) is 15.6. The standard InChI is InChI=1S/C4H9.C2H5.Zn/c1-4(2)3;1-2;/h4H,1H2,2-3H3;1H2,2H3;/q2*-1;+2. The van der Waals surface area contributed by atoms with Gasteiger partial charge < -0.3 is 13.8 Å². The van der Waals surface area contributed by atoms with Crippen LogP contribution in [0, 0.1) is 19.8 Å². The van der Waals surface area contributed by atoms with Crippen LogP contribution >= 0.6 is 0 Å². The summed E-state index contributed by atoms with van der Waals surface area (Å²) in [6.45, 7) is 12.8. The molecule has 0 bridgehead atoms. The summed E-state index contributed by atoms with van der Waals surface area (Å²) in [7, 11) is 0. The van der Waals surface area contributed by atoms with E-state index in [0.29, 0.717) is 5.92 Å². The van der Waals surface area contributed by atoms with Gasteiger partial charge in [0, 0.05) is 0 Å². The van der Waals surface area contributed by atoms with Crippen LogP contribution in [0.3, 0.4) is 0 Å². The van der Waals surface area contributed by atoms with E-state index >= 15 is 0 Å². The van der Waals surface area contributed by atoms with Gasteiger partial charge in [0.25, 0.3) is 0 Å². The fourth-order valence-electron chi connectivity index (χ4n) is 0. The van der Waals surface area contributed by atoms with Crippen LogP contribution in [0.15, 0.2) is 0 Å². The Labute approximate surface area is 60.5 Å². The van der Waals surface area contributed by atoms with E-state index in [2.05, 4.69) is 27.7 Å². The second-order valence-electron chi connectivity index (χ2n) is 1.39. The van der Waals surface area contributed by atoms with Crippen molar-refractivity contribution in [3.63, 3.8) is 0 Å². The van der Waals surface area contributed by atoms with Crippen LogP contribution in [0.25, 0.3) is 0 Å². The van der Waals surface area contributed by atoms with Crippen molar-refractivity contribution < 1.29 is 19.5 Å². The quantitative estimate of drug-likeness (QED) is 0.368. The zero-order chi connectivity index (χ0) is 5.58. The monoisotopic (exact) mass is 150 g/mol. The predicted molar refractivity (Wildman–Crippen MR) is 31.2 cm³/mol. The SMILES string of the molecule is [CH2-]C.[CH2-]C(C)C.[Zn+2]. The van der Waals surface area contributed by atoms with Crippen LogP contribution in [-0.4, -0.2) is 0 Å². The van der Waals surface area contributed by atoms with Crippen LogP contribution in [0.4, 0.5) is 0 Å². The topological polar surface area (TPSA) is 0 Å². The molecule has 0 rings (SSSR count). The molecule has 0 saturated heterocycles. The molecule has 0 unspecified atom stereocenters. The van der Waals surface area contributed by atoms with Crippen LogP contribution in [0.1, 0.15) is 20.8 Å². The van der Waals surface area contributed by atoms with Gasteiger partial charge in [0.1, 0.15) is 0 Å². The van der Waals surface area contributed by atoms with E-state index in [1.54, 1.807) is 6.92 Å². The third-order valence-electron chi connectivity index (χ3n) is 0. The maximum atomic E-state index is 3.64. The Morgan fingerprint density at radius 1 is 1.14 bits per heavy atom. The van der Waals surface area contributed by atoms with Gasteiger partial charge in [-0.1, -0.05) is 13.8 Å². The second-order valence-corrected chi connectivity index (χ2v) is 1.39. The van der Waals surface area contributed by atoms with Gasteiger partial charge in [0.15, 0.2) is 0 Å². The van der Waals surface area contributed by atoms with E-state index in [-0.39, 0.29) is 19.5 Å². The summed E-state index contributed by atoms with van der Waals surface area (Å²) in [6.07, 6.45) is 0. The van der Waals surface area contributed by atoms with E-state index in [9.17, 15) is 0 Å². The average molecular weight is 152 g/mol. The molecule has 7 heavy (non-hydrogen) atoms. The molecule has 0 aromatic rings. The normalized spacial score (nSPS) is 6.00. The van der Waals surface area contributed by atoms with Crippen molar-refractivity contribution in [1.29, 1.82) is 0 Å². The van der Waals surface area contributed by atoms with Crippen LogP contribution < -0.4 is 0 Å². The Kier molecular flexibility index (Phi) is 35.7. The average Bonchev–Trinajstić information content (AvgIpc) is 1.41. The van der Waals surface area contributed by atoms with Crippen molar-refractivity contribution in [2.24, 2.45) is 5.92 Å². The van der Waals surface area contributed by atoms with E-state index < -0.39 is 0 Å². The zero-order valence-corrected chi connectivity index (χ0v) is 8.67. The molecule has 0 aromatic heterocycles. The van der Waals surface area contributed by atoms with Gasteiger partial charge in [-0.3, -0.25) is 0 Å². The van der Waals surface area contributed by atoms with E-state index in [1.807, 2.05) is 0 Å². The van der Waals surface area contributed by atoms with Crippen LogP contribution in [0.5, 0.6) is 0 Å². The summed E-state index contributed by atoms with van der Waals surface area (Å²) in [4.78, 5) is 0. The maximum Gasteiger partial charge on any atom is 2.00 e. The van der Waals surface area contributed by atoms with E-state index in [4.69, 9.17) is 0 Å². The molecule has 0 aliphatic carbocycles. The minimum atomic E-state index is 0. The third-order valence-corrected chi connectivity index (χ3v) is 0. The van der Waals surface area contributed by atoms with Crippen molar-refractivity contribution in [2.75, 3.05) is 0 Å². The van der Waals surface area contributed by atoms with Crippen molar-refractivity contribution >= 4 is 0 Å². The molecule has 1 heteroatoms. The third kappa shape index (κ3) is 364. The summed E-state index contributed by atoms with van der Waals surface area (Å²) in [5.41, 5.74) is 0. The van der Waals surface area contributed by atoms with Gasteiger partial charge in [-0.25, -0.2) is 0 Å². The van der Waals surface area contributed by atoms with Gasteiger partial charge in [0.2, 0.25) is 0 Å². The molecule has 0 heterocycles. The second kappa shape index (κ2) is 16.0. The smallest absolute Gasteiger partial charge is 0.346 e. The fourth-order valence-corrected chi connectivity index (χ4v) is 0. The number of rotatable bonds is 0. The molecule has 0 aliphatic heterocycles. The van der Waals surface area contributed by atoms with Crippen LogP contribution in [0.2, 0.25) is 0 Å². The molecule has 0 N–H and O–H groups in total. The van der Waals surface area contributed by atoms with Gasteiger partial charge in [-0.2, -0.15) is 12.8 Å². The molecular formula is C6H14Zn. The predicted octanol–water partition coefficient (Wildman–Crippen LogP) is 2.31. The summed E-state index contributed by atoms with van der Waals surface area (Å²) in [6, 6.07) is 0. The van der Waals surface area contributed by atoms with E-state index in [1.165, 1.54) is 0 Å². The first-order chi connectivity index (χ1) is 2.73.